The fourth-order valence-corrected chi connectivity index (χ4v) is 3.33. The molecule has 1 unspecified atom stereocenters. The van der Waals surface area contributed by atoms with Crippen molar-refractivity contribution in [3.8, 4) is 0 Å². The van der Waals surface area contributed by atoms with Gasteiger partial charge in [-0.25, -0.2) is 0 Å². The lowest BCUT2D eigenvalue weighted by molar-refractivity contribution is -0.142. The summed E-state index contributed by atoms with van der Waals surface area (Å²) >= 11 is 0. The van der Waals surface area contributed by atoms with Crippen LogP contribution in [0, 0.1) is 5.92 Å². The topological polar surface area (TPSA) is 60.0 Å². The third-order valence-corrected chi connectivity index (χ3v) is 4.82. The predicted molar refractivity (Wildman–Crippen MR) is 123 cm³/mol. The van der Waals surface area contributed by atoms with Crippen molar-refractivity contribution in [1.82, 2.24) is 20.4 Å². The smallest absolute Gasteiger partial charge is 0.356 e. The molecule has 0 aliphatic carbocycles. The van der Waals surface area contributed by atoms with Crippen LogP contribution in [-0.2, 0) is 11.2 Å². The van der Waals surface area contributed by atoms with Crippen molar-refractivity contribution in [3.63, 3.8) is 0 Å². The number of carbonyl (C=O) groups excluding carboxylic acids is 1. The first-order valence-corrected chi connectivity index (χ1v) is 9.78. The molecule has 10 heteroatoms. The van der Waals surface area contributed by atoms with E-state index in [-0.39, 0.29) is 42.3 Å². The molecule has 2 rings (SSSR count). The zero-order valence-electron chi connectivity index (χ0n) is 17.4. The number of halogens is 4. The van der Waals surface area contributed by atoms with Crippen molar-refractivity contribution in [2.45, 2.75) is 19.0 Å². The third kappa shape index (κ3) is 9.96. The van der Waals surface area contributed by atoms with Gasteiger partial charge in [-0.15, -0.1) is 24.0 Å². The molecule has 1 aromatic rings. The van der Waals surface area contributed by atoms with E-state index in [9.17, 15) is 18.0 Å². The van der Waals surface area contributed by atoms with E-state index < -0.39 is 12.7 Å². The lowest BCUT2D eigenvalue weighted by Gasteiger charge is -2.20. The highest BCUT2D eigenvalue weighted by atomic mass is 127. The van der Waals surface area contributed by atoms with Crippen molar-refractivity contribution in [2.24, 2.45) is 10.9 Å². The minimum atomic E-state index is -4.20. The minimum Gasteiger partial charge on any atom is -0.356 e. The second kappa shape index (κ2) is 13.0. The summed E-state index contributed by atoms with van der Waals surface area (Å²) in [6.07, 6.45) is -2.87. The molecular weight excluding hydrogens is 510 g/mol. The van der Waals surface area contributed by atoms with Gasteiger partial charge in [0.25, 0.3) is 0 Å². The quantitative estimate of drug-likeness (QED) is 0.287. The first-order chi connectivity index (χ1) is 13.8. The van der Waals surface area contributed by atoms with E-state index in [4.69, 9.17) is 0 Å². The number of carbonyl (C=O) groups is 1. The number of hydrogen-bond acceptors (Lipinski definition) is 3. The molecule has 0 spiro atoms. The number of likely N-dealkylation sites (N-methyl/N-ethyl adjacent to an activating group) is 1. The molecule has 1 heterocycles. The van der Waals surface area contributed by atoms with Crippen LogP contribution < -0.4 is 10.6 Å². The van der Waals surface area contributed by atoms with Gasteiger partial charge in [0.05, 0.1) is 6.54 Å². The second-order valence-corrected chi connectivity index (χ2v) is 7.38. The fraction of sp³-hybridized carbons (Fsp3) is 0.600. The molecule has 2 N–H and O–H groups in total. The summed E-state index contributed by atoms with van der Waals surface area (Å²) in [6.45, 7) is 1.64. The molecule has 1 aliphatic rings. The van der Waals surface area contributed by atoms with Crippen LogP contribution in [0.15, 0.2) is 35.3 Å². The predicted octanol–water partition coefficient (Wildman–Crippen LogP) is 2.35. The Hall–Kier alpha value is -1.56. The fourth-order valence-electron chi connectivity index (χ4n) is 3.33. The monoisotopic (exact) mass is 541 g/mol. The first kappa shape index (κ1) is 26.5. The highest BCUT2D eigenvalue weighted by Gasteiger charge is 2.30. The van der Waals surface area contributed by atoms with Crippen LogP contribution in [0.2, 0.25) is 0 Å². The standard InChI is InChI=1S/C20H30F3N5O.HI/c1-24-19(25-9-11-27(2)15-20(21,22)23)26-13-17-12-18(29)28(14-17)10-8-16-6-4-3-5-7-16;/h3-7,17H,8-15H2,1-2H3,(H2,24,25,26);1H. The molecule has 0 aromatic heterocycles. The number of benzene rings is 1. The van der Waals surface area contributed by atoms with Gasteiger partial charge in [0, 0.05) is 52.1 Å². The van der Waals surface area contributed by atoms with Crippen LogP contribution in [-0.4, -0.2) is 81.2 Å². The van der Waals surface area contributed by atoms with Crippen molar-refractivity contribution in [2.75, 3.05) is 53.4 Å². The highest BCUT2D eigenvalue weighted by Crippen LogP contribution is 2.18. The van der Waals surface area contributed by atoms with Gasteiger partial charge in [0.15, 0.2) is 5.96 Å². The lowest BCUT2D eigenvalue weighted by atomic mass is 10.1. The Bertz CT molecular complexity index is 672. The number of likely N-dealkylation sites (tertiary alicyclic amines) is 1. The van der Waals surface area contributed by atoms with Gasteiger partial charge < -0.3 is 15.5 Å². The molecule has 1 atom stereocenters. The zero-order valence-corrected chi connectivity index (χ0v) is 19.7. The summed E-state index contributed by atoms with van der Waals surface area (Å²) in [4.78, 5) is 19.4. The molecule has 1 aliphatic heterocycles. The van der Waals surface area contributed by atoms with Gasteiger partial charge in [-0.2, -0.15) is 13.2 Å². The van der Waals surface area contributed by atoms with Crippen molar-refractivity contribution < 1.29 is 18.0 Å². The zero-order chi connectivity index (χ0) is 21.3. The van der Waals surface area contributed by atoms with E-state index in [2.05, 4.69) is 27.8 Å². The second-order valence-electron chi connectivity index (χ2n) is 7.38. The Labute approximate surface area is 193 Å². The SMILES string of the molecule is CN=C(NCCN(C)CC(F)(F)F)NCC1CC(=O)N(CCc2ccccc2)C1.I. The van der Waals surface area contributed by atoms with Gasteiger partial charge in [0.2, 0.25) is 5.91 Å². The summed E-state index contributed by atoms with van der Waals surface area (Å²) in [5.41, 5.74) is 1.21. The summed E-state index contributed by atoms with van der Waals surface area (Å²) in [7, 11) is 3.04. The van der Waals surface area contributed by atoms with Gasteiger partial charge in [-0.3, -0.25) is 14.7 Å². The number of guanidine groups is 1. The number of nitrogens with zero attached hydrogens (tertiary/aromatic N) is 3. The maximum atomic E-state index is 12.3. The van der Waals surface area contributed by atoms with Gasteiger partial charge >= 0.3 is 6.18 Å². The lowest BCUT2D eigenvalue weighted by Crippen LogP contribution is -2.44. The maximum Gasteiger partial charge on any atom is 0.401 e. The summed E-state index contributed by atoms with van der Waals surface area (Å²) in [5, 5.41) is 6.18. The van der Waals surface area contributed by atoms with Crippen molar-refractivity contribution >= 4 is 35.8 Å². The summed E-state index contributed by atoms with van der Waals surface area (Å²) in [6, 6.07) is 10.1. The maximum absolute atomic E-state index is 12.3. The van der Waals surface area contributed by atoms with E-state index in [1.165, 1.54) is 17.5 Å². The minimum absolute atomic E-state index is 0. The van der Waals surface area contributed by atoms with Crippen LogP contribution in [0.1, 0.15) is 12.0 Å². The molecule has 1 fully saturated rings. The van der Waals surface area contributed by atoms with Crippen LogP contribution in [0.3, 0.4) is 0 Å². The average Bonchev–Trinajstić information content (AvgIpc) is 3.02. The van der Waals surface area contributed by atoms with Crippen LogP contribution in [0.4, 0.5) is 13.2 Å². The average molecular weight is 541 g/mol. The number of nitrogens with one attached hydrogen (secondary N) is 2. The Kier molecular flexibility index (Phi) is 11.5. The Balaban J connectivity index is 0.00000450. The molecule has 0 bridgehead atoms. The van der Waals surface area contributed by atoms with E-state index in [0.29, 0.717) is 38.6 Å². The molecule has 1 amide bonds. The number of aliphatic imine (C=N–C) groups is 1. The molecule has 0 radical (unpaired) electrons. The number of rotatable bonds is 9. The summed E-state index contributed by atoms with van der Waals surface area (Å²) < 4.78 is 37.0. The Morgan fingerprint density at radius 3 is 2.60 bits per heavy atom. The molecule has 170 valence electrons. The van der Waals surface area contributed by atoms with E-state index in [1.54, 1.807) is 7.05 Å². The molecule has 30 heavy (non-hydrogen) atoms. The summed E-state index contributed by atoms with van der Waals surface area (Å²) in [5.74, 6) is 0.870. The molecule has 1 saturated heterocycles. The Morgan fingerprint density at radius 1 is 1.27 bits per heavy atom. The molecular formula is C20H31F3IN5O. The largest absolute Gasteiger partial charge is 0.401 e. The third-order valence-electron chi connectivity index (χ3n) is 4.82. The number of amides is 1. The number of hydrogen-bond donors (Lipinski definition) is 2. The van der Waals surface area contributed by atoms with Crippen molar-refractivity contribution in [1.29, 1.82) is 0 Å². The van der Waals surface area contributed by atoms with Crippen LogP contribution in [0.5, 0.6) is 0 Å². The van der Waals surface area contributed by atoms with Gasteiger partial charge in [-0.1, -0.05) is 30.3 Å². The van der Waals surface area contributed by atoms with Gasteiger partial charge in [-0.05, 0) is 19.0 Å². The highest BCUT2D eigenvalue weighted by molar-refractivity contribution is 14.0. The molecule has 6 nitrogen and oxygen atoms in total. The number of alkyl halides is 3. The first-order valence-electron chi connectivity index (χ1n) is 9.78. The van der Waals surface area contributed by atoms with Crippen molar-refractivity contribution in [3.05, 3.63) is 35.9 Å². The van der Waals surface area contributed by atoms with Crippen LogP contribution >= 0.6 is 24.0 Å². The molecule has 1 aromatic carbocycles. The van der Waals surface area contributed by atoms with Crippen LogP contribution in [0.25, 0.3) is 0 Å². The van der Waals surface area contributed by atoms with Gasteiger partial charge in [0.1, 0.15) is 0 Å². The Morgan fingerprint density at radius 2 is 1.97 bits per heavy atom. The van der Waals surface area contributed by atoms with E-state index >= 15 is 0 Å². The van der Waals surface area contributed by atoms with E-state index in [0.717, 1.165) is 6.42 Å². The molecule has 0 saturated carbocycles. The normalized spacial score (nSPS) is 17.3. The van der Waals surface area contributed by atoms with E-state index in [1.807, 2.05) is 23.1 Å².